The molecule has 0 saturated heterocycles. The average molecular weight is 185 g/mol. The average Bonchev–Trinajstić information content (AvgIpc) is 2.45. The van der Waals surface area contributed by atoms with Gasteiger partial charge in [-0.2, -0.15) is 5.90 Å². The van der Waals surface area contributed by atoms with Crippen molar-refractivity contribution in [1.82, 2.24) is 0 Å². The Hall–Kier alpha value is -0.870. The molecule has 0 unspecified atom stereocenters. The zero-order valence-corrected chi connectivity index (χ0v) is 7.90. The molecule has 1 rings (SSSR count). The molecule has 12 heavy (non-hydrogen) atoms. The minimum Gasteiger partial charge on any atom is -0.370 e. The molecule has 0 atom stereocenters. The molecule has 0 aliphatic carbocycles. The maximum atomic E-state index is 11.1. The van der Waals surface area contributed by atoms with Crippen LogP contribution >= 0.6 is 11.3 Å². The van der Waals surface area contributed by atoms with E-state index in [1.807, 2.05) is 13.8 Å². The minimum absolute atomic E-state index is 0.448. The third-order valence-corrected chi connectivity index (χ3v) is 2.74. The maximum Gasteiger partial charge on any atom is 0.357 e. The molecule has 2 N–H and O–H groups in total. The summed E-state index contributed by atoms with van der Waals surface area (Å²) in [6.07, 6.45) is 0.833. The van der Waals surface area contributed by atoms with Crippen LogP contribution in [-0.4, -0.2) is 5.97 Å². The van der Waals surface area contributed by atoms with Crippen LogP contribution in [0.2, 0.25) is 0 Å². The molecule has 0 spiro atoms. The second-order valence-electron chi connectivity index (χ2n) is 2.44. The van der Waals surface area contributed by atoms with E-state index < -0.39 is 5.97 Å². The fraction of sp³-hybridized carbons (Fsp3) is 0.375. The number of nitrogens with two attached hydrogens (primary N) is 1. The highest BCUT2D eigenvalue weighted by atomic mass is 32.1. The number of hydrogen-bond acceptors (Lipinski definition) is 4. The highest BCUT2D eigenvalue weighted by Crippen LogP contribution is 2.22. The highest BCUT2D eigenvalue weighted by Gasteiger charge is 2.14. The van der Waals surface area contributed by atoms with Crippen LogP contribution in [-0.2, 0) is 11.3 Å². The molecule has 1 aromatic rings. The van der Waals surface area contributed by atoms with Crippen molar-refractivity contribution in [2.45, 2.75) is 20.3 Å². The number of thiophene rings is 1. The molecule has 0 bridgehead atoms. The van der Waals surface area contributed by atoms with E-state index in [0.29, 0.717) is 5.56 Å². The normalized spacial score (nSPS) is 9.92. The maximum absolute atomic E-state index is 11.1. The fourth-order valence-electron chi connectivity index (χ4n) is 1.15. The van der Waals surface area contributed by atoms with Crippen LogP contribution in [0.5, 0.6) is 0 Å². The first-order valence-corrected chi connectivity index (χ1v) is 4.56. The zero-order chi connectivity index (χ0) is 9.14. The molecule has 3 nitrogen and oxygen atoms in total. The first-order valence-electron chi connectivity index (χ1n) is 3.68. The summed E-state index contributed by atoms with van der Waals surface area (Å²) in [6, 6.07) is 0. The van der Waals surface area contributed by atoms with Gasteiger partial charge in [-0.15, -0.1) is 11.3 Å². The van der Waals surface area contributed by atoms with E-state index in [-0.39, 0.29) is 0 Å². The van der Waals surface area contributed by atoms with Gasteiger partial charge in [0.25, 0.3) is 0 Å². The lowest BCUT2D eigenvalue weighted by molar-refractivity contribution is 0.0503. The predicted molar refractivity (Wildman–Crippen MR) is 48.0 cm³/mol. The Morgan fingerprint density at radius 1 is 1.75 bits per heavy atom. The molecule has 66 valence electrons. The fourth-order valence-corrected chi connectivity index (χ4v) is 2.08. The SMILES string of the molecule is CCc1c(C(=O)ON)csc1C. The smallest absolute Gasteiger partial charge is 0.357 e. The number of carbonyl (C=O) groups is 1. The van der Waals surface area contributed by atoms with Gasteiger partial charge in [0.1, 0.15) is 0 Å². The van der Waals surface area contributed by atoms with Crippen LogP contribution in [0.3, 0.4) is 0 Å². The summed E-state index contributed by atoms with van der Waals surface area (Å²) in [5, 5.41) is 1.78. The van der Waals surface area contributed by atoms with Gasteiger partial charge in [0, 0.05) is 10.3 Å². The summed E-state index contributed by atoms with van der Waals surface area (Å²) in [5.41, 5.74) is 1.64. The van der Waals surface area contributed by atoms with Crippen LogP contribution in [0.25, 0.3) is 0 Å². The van der Waals surface area contributed by atoms with Gasteiger partial charge in [0.15, 0.2) is 0 Å². The minimum atomic E-state index is -0.448. The van der Waals surface area contributed by atoms with Crippen molar-refractivity contribution in [1.29, 1.82) is 0 Å². The molecular formula is C8H11NO2S. The van der Waals surface area contributed by atoms with Gasteiger partial charge in [-0.1, -0.05) is 6.92 Å². The second kappa shape index (κ2) is 3.69. The van der Waals surface area contributed by atoms with Crippen LogP contribution in [0, 0.1) is 6.92 Å². The van der Waals surface area contributed by atoms with Crippen molar-refractivity contribution in [3.63, 3.8) is 0 Å². The van der Waals surface area contributed by atoms with E-state index in [1.165, 1.54) is 0 Å². The first-order chi connectivity index (χ1) is 5.70. The topological polar surface area (TPSA) is 52.3 Å². The zero-order valence-electron chi connectivity index (χ0n) is 7.09. The molecule has 0 aromatic carbocycles. The third kappa shape index (κ3) is 1.49. The summed E-state index contributed by atoms with van der Waals surface area (Å²) in [6.45, 7) is 3.99. The summed E-state index contributed by atoms with van der Waals surface area (Å²) in [5.74, 6) is 4.34. The second-order valence-corrected chi connectivity index (χ2v) is 3.53. The molecule has 0 aliphatic rings. The summed E-state index contributed by atoms with van der Waals surface area (Å²) >= 11 is 1.54. The van der Waals surface area contributed by atoms with Gasteiger partial charge >= 0.3 is 5.97 Å². The molecule has 1 heterocycles. The summed E-state index contributed by atoms with van der Waals surface area (Å²) in [4.78, 5) is 16.4. The number of carbonyl (C=O) groups excluding carboxylic acids is 1. The standard InChI is InChI=1S/C8H11NO2S/c1-3-6-5(2)12-4-7(6)8(10)11-9/h4H,3,9H2,1-2H3. The molecule has 0 amide bonds. The molecule has 1 aromatic heterocycles. The number of rotatable bonds is 2. The molecule has 0 radical (unpaired) electrons. The highest BCUT2D eigenvalue weighted by molar-refractivity contribution is 7.10. The van der Waals surface area contributed by atoms with Crippen molar-refractivity contribution in [2.24, 2.45) is 5.90 Å². The van der Waals surface area contributed by atoms with Gasteiger partial charge in [0.2, 0.25) is 0 Å². The molecule has 0 fully saturated rings. The molecule has 0 saturated carbocycles. The molecule has 0 aliphatic heterocycles. The van der Waals surface area contributed by atoms with E-state index in [0.717, 1.165) is 16.9 Å². The van der Waals surface area contributed by atoms with Gasteiger partial charge in [0.05, 0.1) is 5.56 Å². The lowest BCUT2D eigenvalue weighted by atomic mass is 10.1. The van der Waals surface area contributed by atoms with E-state index >= 15 is 0 Å². The van der Waals surface area contributed by atoms with Crippen LogP contribution in [0.15, 0.2) is 5.38 Å². The Labute approximate surface area is 75.1 Å². The van der Waals surface area contributed by atoms with Crippen molar-refractivity contribution in [3.8, 4) is 0 Å². The van der Waals surface area contributed by atoms with E-state index in [4.69, 9.17) is 5.90 Å². The first kappa shape index (κ1) is 9.22. The Morgan fingerprint density at radius 2 is 2.42 bits per heavy atom. The molecular weight excluding hydrogens is 174 g/mol. The van der Waals surface area contributed by atoms with Crippen molar-refractivity contribution >= 4 is 17.3 Å². The van der Waals surface area contributed by atoms with Crippen molar-refractivity contribution in [3.05, 3.63) is 21.4 Å². The van der Waals surface area contributed by atoms with E-state index in [1.54, 1.807) is 16.7 Å². The van der Waals surface area contributed by atoms with Crippen LogP contribution in [0.1, 0.15) is 27.7 Å². The third-order valence-electron chi connectivity index (χ3n) is 1.78. The monoisotopic (exact) mass is 185 g/mol. The lowest BCUT2D eigenvalue weighted by Crippen LogP contribution is -2.11. The van der Waals surface area contributed by atoms with E-state index in [9.17, 15) is 4.79 Å². The van der Waals surface area contributed by atoms with Crippen molar-refractivity contribution < 1.29 is 9.63 Å². The number of aryl methyl sites for hydroxylation is 1. The number of hydrogen-bond donors (Lipinski definition) is 1. The Kier molecular flexibility index (Phi) is 2.83. The Bertz CT molecular complexity index is 293. The summed E-state index contributed by atoms with van der Waals surface area (Å²) in [7, 11) is 0. The van der Waals surface area contributed by atoms with Crippen molar-refractivity contribution in [2.75, 3.05) is 0 Å². The lowest BCUT2D eigenvalue weighted by Gasteiger charge is -1.98. The Balaban J connectivity index is 3.07. The Morgan fingerprint density at radius 3 is 2.92 bits per heavy atom. The van der Waals surface area contributed by atoms with E-state index in [2.05, 4.69) is 4.84 Å². The predicted octanol–water partition coefficient (Wildman–Crippen LogP) is 1.65. The van der Waals surface area contributed by atoms with Gasteiger partial charge in [-0.25, -0.2) is 4.79 Å². The summed E-state index contributed by atoms with van der Waals surface area (Å²) < 4.78 is 0. The quantitative estimate of drug-likeness (QED) is 0.713. The van der Waals surface area contributed by atoms with Gasteiger partial charge in [-0.3, -0.25) is 0 Å². The molecule has 4 heteroatoms. The van der Waals surface area contributed by atoms with Crippen LogP contribution in [0.4, 0.5) is 0 Å². The van der Waals surface area contributed by atoms with Gasteiger partial charge < -0.3 is 4.84 Å². The van der Waals surface area contributed by atoms with Crippen LogP contribution < -0.4 is 5.90 Å². The largest absolute Gasteiger partial charge is 0.370 e. The van der Waals surface area contributed by atoms with Gasteiger partial charge in [-0.05, 0) is 18.9 Å².